The molecule has 0 saturated carbocycles. The van der Waals surface area contributed by atoms with Crippen LogP contribution in [0.3, 0.4) is 0 Å². The highest BCUT2D eigenvalue weighted by atomic mass is 19.1. The van der Waals surface area contributed by atoms with Crippen LogP contribution in [0.1, 0.15) is 16.1 Å². The van der Waals surface area contributed by atoms with E-state index in [0.29, 0.717) is 30.0 Å². The van der Waals surface area contributed by atoms with Gasteiger partial charge in [-0.1, -0.05) is 0 Å². The summed E-state index contributed by atoms with van der Waals surface area (Å²) in [7, 11) is 1.82. The molecule has 0 spiro atoms. The number of hydrogen-bond acceptors (Lipinski definition) is 7. The van der Waals surface area contributed by atoms with Gasteiger partial charge in [0, 0.05) is 51.9 Å². The molecule has 5 rings (SSSR count). The first-order valence-electron chi connectivity index (χ1n) is 10.3. The number of pyridine rings is 1. The molecule has 0 radical (unpaired) electrons. The summed E-state index contributed by atoms with van der Waals surface area (Å²) in [6.45, 7) is 4.36. The fourth-order valence-electron chi connectivity index (χ4n) is 4.05. The summed E-state index contributed by atoms with van der Waals surface area (Å²) in [6, 6.07) is 5.53. The van der Waals surface area contributed by atoms with Crippen LogP contribution < -0.4 is 20.9 Å². The summed E-state index contributed by atoms with van der Waals surface area (Å²) in [5.74, 6) is 0.111. The molecule has 3 aromatic heterocycles. The lowest BCUT2D eigenvalue weighted by molar-refractivity contribution is 0.0945. The highest BCUT2D eigenvalue weighted by Crippen LogP contribution is 2.28. The molecule has 0 aliphatic carbocycles. The van der Waals surface area contributed by atoms with Crippen molar-refractivity contribution in [3.8, 4) is 11.4 Å². The van der Waals surface area contributed by atoms with Crippen LogP contribution in [0.5, 0.6) is 0 Å². The van der Waals surface area contributed by atoms with Crippen LogP contribution in [0.4, 0.5) is 21.8 Å². The number of carbonyl (C=O) groups excluding carboxylic acids is 1. The average Bonchev–Trinajstić information content (AvgIpc) is 3.14. The van der Waals surface area contributed by atoms with E-state index in [2.05, 4.69) is 35.8 Å². The van der Waals surface area contributed by atoms with Crippen molar-refractivity contribution >= 4 is 23.4 Å². The number of nitrogens with one attached hydrogen (secondary N) is 3. The average molecular weight is 422 g/mol. The van der Waals surface area contributed by atoms with Gasteiger partial charge in [0.25, 0.3) is 5.91 Å². The van der Waals surface area contributed by atoms with E-state index >= 15 is 0 Å². The van der Waals surface area contributed by atoms with E-state index in [1.54, 1.807) is 6.07 Å². The van der Waals surface area contributed by atoms with Crippen molar-refractivity contribution < 1.29 is 9.18 Å². The molecule has 0 unspecified atom stereocenters. The van der Waals surface area contributed by atoms with E-state index in [-0.39, 0.29) is 17.5 Å². The molecule has 3 N–H and O–H groups in total. The van der Waals surface area contributed by atoms with Crippen molar-refractivity contribution in [2.45, 2.75) is 6.42 Å². The summed E-state index contributed by atoms with van der Waals surface area (Å²) < 4.78 is 16.4. The first-order valence-corrected chi connectivity index (χ1v) is 10.3. The summed E-state index contributed by atoms with van der Waals surface area (Å²) in [4.78, 5) is 27.3. The van der Waals surface area contributed by atoms with Crippen LogP contribution in [0.2, 0.25) is 0 Å². The molecular formula is C21H23FN8O. The molecule has 3 aromatic rings. The van der Waals surface area contributed by atoms with E-state index in [4.69, 9.17) is 0 Å². The van der Waals surface area contributed by atoms with Crippen LogP contribution in [-0.4, -0.2) is 58.1 Å². The number of piperazine rings is 1. The Labute approximate surface area is 178 Å². The van der Waals surface area contributed by atoms with Gasteiger partial charge in [0.15, 0.2) is 5.82 Å². The van der Waals surface area contributed by atoms with Crippen molar-refractivity contribution in [2.75, 3.05) is 42.9 Å². The van der Waals surface area contributed by atoms with Gasteiger partial charge in [0.2, 0.25) is 5.95 Å². The number of carbonyl (C=O) groups is 1. The molecule has 2 aliphatic rings. The van der Waals surface area contributed by atoms with Crippen molar-refractivity contribution in [3.63, 3.8) is 0 Å². The fraction of sp³-hybridized carbons (Fsp3) is 0.333. The Morgan fingerprint density at radius 3 is 2.71 bits per heavy atom. The van der Waals surface area contributed by atoms with Gasteiger partial charge in [-0.15, -0.1) is 0 Å². The largest absolute Gasteiger partial charge is 0.368 e. The lowest BCUT2D eigenvalue weighted by atomic mass is 10.1. The topological polar surface area (TPSA) is 100 Å². The summed E-state index contributed by atoms with van der Waals surface area (Å²) in [5, 5.41) is 9.18. The highest BCUT2D eigenvalue weighted by Gasteiger charge is 2.25. The highest BCUT2D eigenvalue weighted by molar-refractivity contribution is 5.97. The quantitative estimate of drug-likeness (QED) is 0.585. The first kappa shape index (κ1) is 19.4. The zero-order valence-electron chi connectivity index (χ0n) is 17.2. The molecule has 9 nitrogen and oxygen atoms in total. The number of nitrogens with zero attached hydrogens (tertiary/aromatic N) is 5. The SMILES string of the molecule is Cn1c(-c2nc(Nc3ccc(N4CCNCC4)cn3)ncc2F)cc2c1CCNC2=O. The number of hydrogen-bond donors (Lipinski definition) is 3. The van der Waals surface area contributed by atoms with Gasteiger partial charge in [0.1, 0.15) is 11.5 Å². The van der Waals surface area contributed by atoms with Gasteiger partial charge in [-0.2, -0.15) is 0 Å². The Kier molecular flexibility index (Phi) is 4.99. The van der Waals surface area contributed by atoms with Crippen molar-refractivity contribution in [2.24, 2.45) is 7.05 Å². The zero-order chi connectivity index (χ0) is 21.4. The standard InChI is InChI=1S/C21H23FN8O/c1-29-16-4-5-24-20(31)14(16)10-17(29)19-15(22)12-26-21(28-19)27-18-3-2-13(11-25-18)30-8-6-23-7-9-30/h2-3,10-12,23H,4-9H2,1H3,(H,24,31)(H,25,26,27,28). The molecule has 5 heterocycles. The van der Waals surface area contributed by atoms with Gasteiger partial charge in [-0.3, -0.25) is 4.79 Å². The van der Waals surface area contributed by atoms with Crippen molar-refractivity contribution in [1.29, 1.82) is 0 Å². The molecule has 0 atom stereocenters. The Balaban J connectivity index is 1.40. The summed E-state index contributed by atoms with van der Waals surface area (Å²) >= 11 is 0. The molecule has 1 amide bonds. The van der Waals surface area contributed by atoms with Crippen molar-refractivity contribution in [1.82, 2.24) is 30.2 Å². The van der Waals surface area contributed by atoms with Crippen LogP contribution >= 0.6 is 0 Å². The lowest BCUT2D eigenvalue weighted by Crippen LogP contribution is -2.43. The Bertz CT molecular complexity index is 1120. The first-order chi connectivity index (χ1) is 15.1. The van der Waals surface area contributed by atoms with E-state index in [9.17, 15) is 9.18 Å². The number of rotatable bonds is 4. The van der Waals surface area contributed by atoms with Crippen LogP contribution in [-0.2, 0) is 13.5 Å². The number of fused-ring (bicyclic) bond motifs is 1. The second-order valence-electron chi connectivity index (χ2n) is 7.61. The number of amides is 1. The molecular weight excluding hydrogens is 399 g/mol. The van der Waals surface area contributed by atoms with Crippen LogP contribution in [0.15, 0.2) is 30.6 Å². The summed E-state index contributed by atoms with van der Waals surface area (Å²) in [6.07, 6.45) is 3.63. The maximum Gasteiger partial charge on any atom is 0.253 e. The van der Waals surface area contributed by atoms with E-state index in [1.807, 2.05) is 29.9 Å². The molecule has 0 aromatic carbocycles. The van der Waals surface area contributed by atoms with E-state index in [0.717, 1.165) is 43.8 Å². The maximum absolute atomic E-state index is 14.6. The second-order valence-corrected chi connectivity index (χ2v) is 7.61. The molecule has 0 bridgehead atoms. The molecule has 1 fully saturated rings. The molecule has 31 heavy (non-hydrogen) atoms. The normalized spacial score (nSPS) is 16.1. The minimum atomic E-state index is -0.550. The molecule has 10 heteroatoms. The number of halogens is 1. The van der Waals surface area contributed by atoms with E-state index < -0.39 is 5.82 Å². The Morgan fingerprint density at radius 1 is 1.13 bits per heavy atom. The summed E-state index contributed by atoms with van der Waals surface area (Å²) in [5.41, 5.74) is 3.16. The Morgan fingerprint density at radius 2 is 1.97 bits per heavy atom. The molecule has 2 aliphatic heterocycles. The maximum atomic E-state index is 14.6. The molecule has 1 saturated heterocycles. The zero-order valence-corrected chi connectivity index (χ0v) is 17.2. The van der Waals surface area contributed by atoms with Crippen LogP contribution in [0.25, 0.3) is 11.4 Å². The fourth-order valence-corrected chi connectivity index (χ4v) is 4.05. The Hall–Kier alpha value is -3.53. The third-order valence-corrected chi connectivity index (χ3v) is 5.71. The van der Waals surface area contributed by atoms with Crippen LogP contribution in [0, 0.1) is 5.82 Å². The number of aromatic nitrogens is 4. The predicted octanol–water partition coefficient (Wildman–Crippen LogP) is 1.46. The molecule has 160 valence electrons. The van der Waals surface area contributed by atoms with Gasteiger partial charge < -0.3 is 25.4 Å². The smallest absolute Gasteiger partial charge is 0.253 e. The van der Waals surface area contributed by atoms with Gasteiger partial charge in [0.05, 0.1) is 29.3 Å². The van der Waals surface area contributed by atoms with Gasteiger partial charge in [-0.25, -0.2) is 19.3 Å². The predicted molar refractivity (Wildman–Crippen MR) is 115 cm³/mol. The minimum Gasteiger partial charge on any atom is -0.368 e. The third-order valence-electron chi connectivity index (χ3n) is 5.71. The van der Waals surface area contributed by atoms with Gasteiger partial charge >= 0.3 is 0 Å². The second kappa shape index (κ2) is 7.95. The monoisotopic (exact) mass is 422 g/mol. The van der Waals surface area contributed by atoms with Crippen molar-refractivity contribution in [3.05, 3.63) is 47.7 Å². The minimum absolute atomic E-state index is 0.139. The lowest BCUT2D eigenvalue weighted by Gasteiger charge is -2.29. The van der Waals surface area contributed by atoms with Gasteiger partial charge in [-0.05, 0) is 18.2 Å². The third kappa shape index (κ3) is 3.70. The van der Waals surface area contributed by atoms with E-state index in [1.165, 1.54) is 0 Å². The number of anilines is 3.